The fraction of sp³-hybridized carbons (Fsp3) is 0. The van der Waals surface area contributed by atoms with E-state index in [4.69, 9.17) is 0 Å². The van der Waals surface area contributed by atoms with Crippen molar-refractivity contribution < 1.29 is 0 Å². The van der Waals surface area contributed by atoms with Gasteiger partial charge in [-0.25, -0.2) is 0 Å². The summed E-state index contributed by atoms with van der Waals surface area (Å²) in [5.41, 5.74) is 6.68. The normalized spacial score (nSPS) is 11.5. The summed E-state index contributed by atoms with van der Waals surface area (Å²) in [7, 11) is -2.01. The van der Waals surface area contributed by atoms with Crippen LogP contribution < -0.4 is 9.80 Å². The minimum Gasteiger partial charge on any atom is -0.310 e. The van der Waals surface area contributed by atoms with E-state index in [2.05, 4.69) is 240 Å². The van der Waals surface area contributed by atoms with Crippen LogP contribution in [0.3, 0.4) is 0 Å². The molecule has 0 fully saturated rings. The van der Waals surface area contributed by atoms with Crippen LogP contribution in [-0.2, 0) is 0 Å². The molecule has 2 nitrogen and oxygen atoms in total. The van der Waals surface area contributed by atoms with Crippen LogP contribution >= 0.6 is 10.0 Å². The van der Waals surface area contributed by atoms with Crippen molar-refractivity contribution in [2.45, 2.75) is 19.6 Å². The average molecular weight is 675 g/mol. The maximum Gasteiger partial charge on any atom is 0.0472 e. The van der Waals surface area contributed by atoms with Crippen molar-refractivity contribution in [3.8, 4) is 0 Å². The Morgan fingerprint density at radius 1 is 0.216 bits per heavy atom. The Morgan fingerprint density at radius 3 is 0.745 bits per heavy atom. The maximum absolute atomic E-state index is 2.41. The summed E-state index contributed by atoms with van der Waals surface area (Å²) < 4.78 is 0. The molecule has 0 amide bonds. The second-order valence-electron chi connectivity index (χ2n) is 12.2. The van der Waals surface area contributed by atoms with Gasteiger partial charge in [0, 0.05) is 53.7 Å². The molecule has 0 spiro atoms. The first-order valence-electron chi connectivity index (χ1n) is 17.3. The van der Waals surface area contributed by atoms with E-state index in [0.717, 1.165) is 34.1 Å². The van der Waals surface area contributed by atoms with Crippen LogP contribution in [-0.4, -0.2) is 0 Å². The lowest BCUT2D eigenvalue weighted by Gasteiger charge is -2.43. The Balaban J connectivity index is 1.40. The van der Waals surface area contributed by atoms with E-state index in [9.17, 15) is 0 Å². The second-order valence-corrected chi connectivity index (χ2v) is 15.4. The molecular weight excluding hydrogens is 637 g/mol. The van der Waals surface area contributed by atoms with E-state index < -0.39 is 10.0 Å². The molecule has 0 atom stereocenters. The molecule has 3 heteroatoms. The number of para-hydroxylation sites is 4. The van der Waals surface area contributed by atoms with Crippen LogP contribution in [0.25, 0.3) is 0 Å². The zero-order valence-electron chi connectivity index (χ0n) is 28.2. The molecule has 0 radical (unpaired) electrons. The summed E-state index contributed by atoms with van der Waals surface area (Å²) in [6, 6.07) is 83.1. The molecular formula is C48H38N2S. The summed E-state index contributed by atoms with van der Waals surface area (Å²) >= 11 is 0. The third-order valence-electron chi connectivity index (χ3n) is 9.11. The molecule has 0 saturated carbocycles. The Hall–Kier alpha value is -6.29. The summed E-state index contributed by atoms with van der Waals surface area (Å²) in [6.07, 6.45) is 0. The fourth-order valence-electron chi connectivity index (χ4n) is 6.89. The second kappa shape index (κ2) is 14.7. The predicted octanol–water partition coefficient (Wildman–Crippen LogP) is 14.0. The molecule has 0 unspecified atom stereocenters. The number of anilines is 6. The summed E-state index contributed by atoms with van der Waals surface area (Å²) in [4.78, 5) is 9.79. The molecule has 8 aromatic rings. The van der Waals surface area contributed by atoms with Gasteiger partial charge in [-0.3, -0.25) is 0 Å². The lowest BCUT2D eigenvalue weighted by atomic mass is 10.2. The highest BCUT2D eigenvalue weighted by atomic mass is 32.3. The Kier molecular flexibility index (Phi) is 9.19. The summed E-state index contributed by atoms with van der Waals surface area (Å²) in [6.45, 7) is 0. The summed E-state index contributed by atoms with van der Waals surface area (Å²) in [5, 5.41) is 0. The molecule has 8 rings (SSSR count). The van der Waals surface area contributed by atoms with Crippen LogP contribution in [0.2, 0.25) is 0 Å². The highest BCUT2D eigenvalue weighted by Gasteiger charge is 2.34. The zero-order chi connectivity index (χ0) is 34.3. The molecule has 0 aliphatic heterocycles. The van der Waals surface area contributed by atoms with E-state index in [1.807, 2.05) is 0 Å². The van der Waals surface area contributed by atoms with Gasteiger partial charge in [0.15, 0.2) is 0 Å². The molecule has 246 valence electrons. The molecule has 0 aliphatic rings. The van der Waals surface area contributed by atoms with Crippen molar-refractivity contribution in [2.75, 3.05) is 9.80 Å². The topological polar surface area (TPSA) is 6.48 Å². The van der Waals surface area contributed by atoms with Crippen molar-refractivity contribution in [2.24, 2.45) is 0 Å². The quantitative estimate of drug-likeness (QED) is 0.142. The standard InChI is InChI=1S/C48H38N2S/c1-7-21-39(22-8-1)49(40-23-9-2-10-24-40)43-29-19-35-47(37-43)51(45-31-15-5-16-32-45,46-33-17-6-18-34-46)48-36-20-30-44(38-48)50(41-25-11-3-12-26-41)42-27-13-4-14-28-42/h1-38H. The molecule has 8 aromatic carbocycles. The number of hydrogen-bond acceptors (Lipinski definition) is 2. The Labute approximate surface area is 302 Å². The van der Waals surface area contributed by atoms with Gasteiger partial charge in [0.1, 0.15) is 0 Å². The van der Waals surface area contributed by atoms with Gasteiger partial charge >= 0.3 is 0 Å². The van der Waals surface area contributed by atoms with E-state index >= 15 is 0 Å². The van der Waals surface area contributed by atoms with Gasteiger partial charge in [0.25, 0.3) is 0 Å². The first kappa shape index (κ1) is 31.9. The van der Waals surface area contributed by atoms with Crippen LogP contribution in [0.4, 0.5) is 34.1 Å². The molecule has 0 bridgehead atoms. The van der Waals surface area contributed by atoms with Crippen LogP contribution in [0.15, 0.2) is 250 Å². The first-order chi connectivity index (χ1) is 25.3. The van der Waals surface area contributed by atoms with Gasteiger partial charge in [-0.15, -0.1) is 10.0 Å². The third kappa shape index (κ3) is 6.32. The van der Waals surface area contributed by atoms with Crippen LogP contribution in [0, 0.1) is 0 Å². The van der Waals surface area contributed by atoms with Gasteiger partial charge in [0.05, 0.1) is 0 Å². The molecule has 0 saturated heterocycles. The van der Waals surface area contributed by atoms with Gasteiger partial charge in [-0.2, -0.15) is 0 Å². The third-order valence-corrected chi connectivity index (χ3v) is 13.0. The minimum atomic E-state index is -2.01. The van der Waals surface area contributed by atoms with E-state index in [-0.39, 0.29) is 0 Å². The maximum atomic E-state index is 2.41. The van der Waals surface area contributed by atoms with Crippen molar-refractivity contribution in [1.82, 2.24) is 0 Å². The van der Waals surface area contributed by atoms with Crippen molar-refractivity contribution in [1.29, 1.82) is 0 Å². The predicted molar refractivity (Wildman–Crippen MR) is 216 cm³/mol. The first-order valence-corrected chi connectivity index (χ1v) is 18.9. The number of hydrogen-bond donors (Lipinski definition) is 0. The molecule has 0 heterocycles. The van der Waals surface area contributed by atoms with Gasteiger partial charge in [0.2, 0.25) is 0 Å². The summed E-state index contributed by atoms with van der Waals surface area (Å²) in [5.74, 6) is 0. The molecule has 0 aliphatic carbocycles. The lowest BCUT2D eigenvalue weighted by Crippen LogP contribution is -2.12. The Morgan fingerprint density at radius 2 is 0.451 bits per heavy atom. The number of nitrogens with zero attached hydrogens (tertiary/aromatic N) is 2. The largest absolute Gasteiger partial charge is 0.310 e. The van der Waals surface area contributed by atoms with Crippen molar-refractivity contribution in [3.05, 3.63) is 231 Å². The molecule has 51 heavy (non-hydrogen) atoms. The van der Waals surface area contributed by atoms with Crippen molar-refractivity contribution >= 4 is 44.2 Å². The van der Waals surface area contributed by atoms with E-state index in [0.29, 0.717) is 0 Å². The number of benzene rings is 8. The van der Waals surface area contributed by atoms with Crippen LogP contribution in [0.1, 0.15) is 0 Å². The van der Waals surface area contributed by atoms with E-state index in [1.54, 1.807) is 0 Å². The monoisotopic (exact) mass is 674 g/mol. The van der Waals surface area contributed by atoms with Gasteiger partial charge in [-0.05, 0) is 109 Å². The minimum absolute atomic E-state index is 1.11. The number of rotatable bonds is 10. The average Bonchev–Trinajstić information content (AvgIpc) is 3.21. The zero-order valence-corrected chi connectivity index (χ0v) is 29.1. The SMILES string of the molecule is c1ccc(N(c2ccccc2)c2cccc(S(c3ccccc3)(c3ccccc3)c3cccc(N(c4ccccc4)c4ccccc4)c3)c2)cc1. The highest BCUT2D eigenvalue weighted by Crippen LogP contribution is 2.74. The molecule has 0 aromatic heterocycles. The van der Waals surface area contributed by atoms with Gasteiger partial charge < -0.3 is 9.80 Å². The van der Waals surface area contributed by atoms with Crippen molar-refractivity contribution in [3.63, 3.8) is 0 Å². The highest BCUT2D eigenvalue weighted by molar-refractivity contribution is 8.34. The fourth-order valence-corrected chi connectivity index (χ4v) is 10.8. The smallest absolute Gasteiger partial charge is 0.0472 e. The van der Waals surface area contributed by atoms with Gasteiger partial charge in [-0.1, -0.05) is 121 Å². The van der Waals surface area contributed by atoms with E-state index in [1.165, 1.54) is 19.6 Å². The lowest BCUT2D eigenvalue weighted by molar-refractivity contribution is 1.20. The molecule has 0 N–H and O–H groups in total. The Bertz CT molecular complexity index is 2050. The van der Waals surface area contributed by atoms with Crippen LogP contribution in [0.5, 0.6) is 0 Å².